The summed E-state index contributed by atoms with van der Waals surface area (Å²) in [7, 11) is 0. The second-order valence-electron chi connectivity index (χ2n) is 12.1. The highest BCUT2D eigenvalue weighted by molar-refractivity contribution is 6.38. The van der Waals surface area contributed by atoms with Gasteiger partial charge in [0.25, 0.3) is 5.91 Å². The van der Waals surface area contributed by atoms with Crippen molar-refractivity contribution in [3.8, 4) is 0 Å². The van der Waals surface area contributed by atoms with E-state index in [2.05, 4.69) is 27.8 Å². The third-order valence-electron chi connectivity index (χ3n) is 7.03. The monoisotopic (exact) mass is 637 g/mol. The van der Waals surface area contributed by atoms with Gasteiger partial charge in [0, 0.05) is 6.54 Å². The van der Waals surface area contributed by atoms with E-state index in [0.29, 0.717) is 19.3 Å². The third-order valence-corrected chi connectivity index (χ3v) is 7.03. The van der Waals surface area contributed by atoms with Crippen LogP contribution in [-0.4, -0.2) is 96.8 Å². The van der Waals surface area contributed by atoms with Crippen LogP contribution in [-0.2, 0) is 38.2 Å². The fourth-order valence-electron chi connectivity index (χ4n) is 4.61. The summed E-state index contributed by atoms with van der Waals surface area (Å²) >= 11 is 0. The van der Waals surface area contributed by atoms with Gasteiger partial charge in [-0.1, -0.05) is 67.5 Å². The molecular formula is C31H51N5O9. The van der Waals surface area contributed by atoms with E-state index in [1.807, 2.05) is 13.8 Å². The van der Waals surface area contributed by atoms with Gasteiger partial charge in [-0.25, -0.2) is 4.79 Å². The van der Waals surface area contributed by atoms with Gasteiger partial charge >= 0.3 is 12.1 Å². The molecule has 1 aliphatic rings. The predicted octanol–water partition coefficient (Wildman–Crippen LogP) is 1.22. The number of alkyl carbamates (subject to hydrolysis) is 1. The first-order valence-corrected chi connectivity index (χ1v) is 15.6. The maximum absolute atomic E-state index is 13.7. The van der Waals surface area contributed by atoms with E-state index in [1.54, 1.807) is 34.6 Å². The molecule has 1 heterocycles. The van der Waals surface area contributed by atoms with Crippen molar-refractivity contribution in [2.75, 3.05) is 26.3 Å². The summed E-state index contributed by atoms with van der Waals surface area (Å²) in [5.41, 5.74) is 0. The molecule has 14 nitrogen and oxygen atoms in total. The van der Waals surface area contributed by atoms with Crippen molar-refractivity contribution in [3.63, 3.8) is 0 Å². The second kappa shape index (κ2) is 19.4. The lowest BCUT2D eigenvalue weighted by Crippen LogP contribution is -2.59. The Bertz CT molecular complexity index is 1080. The molecule has 0 radical (unpaired) electrons. The van der Waals surface area contributed by atoms with E-state index < -0.39 is 72.2 Å². The van der Waals surface area contributed by atoms with Gasteiger partial charge < -0.3 is 35.6 Å². The fraction of sp³-hybridized carbons (Fsp3) is 0.710. The number of ether oxygens (including phenoxy) is 2. The molecule has 1 fully saturated rings. The molecule has 0 aromatic carbocycles. The van der Waals surface area contributed by atoms with Crippen molar-refractivity contribution in [1.82, 2.24) is 26.2 Å². The first-order valence-electron chi connectivity index (χ1n) is 15.6. The van der Waals surface area contributed by atoms with Crippen molar-refractivity contribution < 1.29 is 43.0 Å². The Morgan fingerprint density at radius 3 is 2.11 bits per heavy atom. The largest absolute Gasteiger partial charge is 0.460 e. The average molecular weight is 638 g/mol. The summed E-state index contributed by atoms with van der Waals surface area (Å²) in [5.74, 6) is -4.93. The van der Waals surface area contributed by atoms with Gasteiger partial charge in [-0.05, 0) is 37.0 Å². The van der Waals surface area contributed by atoms with E-state index in [9.17, 15) is 33.6 Å². The number of nitrogens with zero attached hydrogens (tertiary/aromatic N) is 1. The maximum Gasteiger partial charge on any atom is 0.407 e. The minimum absolute atomic E-state index is 0.0443. The van der Waals surface area contributed by atoms with Crippen molar-refractivity contribution in [3.05, 3.63) is 12.7 Å². The molecule has 4 unspecified atom stereocenters. The van der Waals surface area contributed by atoms with Gasteiger partial charge in [0.2, 0.25) is 23.5 Å². The molecule has 5 amide bonds. The Labute approximate surface area is 265 Å². The minimum atomic E-state index is -1.17. The number of hydrogen-bond donors (Lipinski definition) is 4. The van der Waals surface area contributed by atoms with Crippen LogP contribution in [0.15, 0.2) is 12.7 Å². The van der Waals surface area contributed by atoms with E-state index in [4.69, 9.17) is 9.47 Å². The van der Waals surface area contributed by atoms with Crippen LogP contribution < -0.4 is 21.3 Å². The molecule has 14 heteroatoms. The Balaban J connectivity index is 2.98. The first kappa shape index (κ1) is 39.1. The summed E-state index contributed by atoms with van der Waals surface area (Å²) in [6.07, 6.45) is 2.09. The molecule has 4 atom stereocenters. The Kier molecular flexibility index (Phi) is 16.9. The highest BCUT2D eigenvalue weighted by atomic mass is 16.5. The number of ketones is 1. The summed E-state index contributed by atoms with van der Waals surface area (Å²) in [4.78, 5) is 91.0. The predicted molar refractivity (Wildman–Crippen MR) is 165 cm³/mol. The highest BCUT2D eigenvalue weighted by Crippen LogP contribution is 2.21. The molecule has 0 aliphatic carbocycles. The fourth-order valence-corrected chi connectivity index (χ4v) is 4.61. The van der Waals surface area contributed by atoms with Gasteiger partial charge in [-0.2, -0.15) is 0 Å². The van der Waals surface area contributed by atoms with Crippen LogP contribution in [0.25, 0.3) is 0 Å². The lowest BCUT2D eigenvalue weighted by Gasteiger charge is -2.32. The Hall–Kier alpha value is -3.97. The SMILES string of the molecule is C=CCOC(=O)CNC(=O)C(=O)C(CCC)NC(=O)C1CCCN1C(=O)C(NC(=O)C(NC(=O)OCC(C)C)C(C)C)C(C)C. The zero-order valence-electron chi connectivity index (χ0n) is 27.6. The van der Waals surface area contributed by atoms with Crippen LogP contribution in [0.3, 0.4) is 0 Å². The number of rotatable bonds is 18. The molecule has 45 heavy (non-hydrogen) atoms. The number of nitrogens with one attached hydrogen (secondary N) is 4. The molecule has 254 valence electrons. The van der Waals surface area contributed by atoms with Gasteiger partial charge in [0.15, 0.2) is 0 Å². The van der Waals surface area contributed by atoms with Crippen LogP contribution in [0, 0.1) is 17.8 Å². The number of Topliss-reactive ketones (excluding diaryl/α,β-unsaturated/α-hetero) is 1. The van der Waals surface area contributed by atoms with Crippen molar-refractivity contribution in [1.29, 1.82) is 0 Å². The topological polar surface area (TPSA) is 189 Å². The Morgan fingerprint density at radius 2 is 1.56 bits per heavy atom. The quantitative estimate of drug-likeness (QED) is 0.0973. The normalized spacial score (nSPS) is 16.4. The van der Waals surface area contributed by atoms with E-state index >= 15 is 0 Å². The summed E-state index contributed by atoms with van der Waals surface area (Å²) in [6.45, 7) is 15.9. The average Bonchev–Trinajstić information content (AvgIpc) is 3.48. The number of carbonyl (C=O) groups is 7. The summed E-state index contributed by atoms with van der Waals surface area (Å²) < 4.78 is 9.93. The lowest BCUT2D eigenvalue weighted by molar-refractivity contribution is -0.145. The standard InChI is InChI=1S/C31H51N5O9/c1-9-12-21(26(38)29(41)32-16-23(37)44-15-10-2)33-27(39)22-13-11-14-36(22)30(42)25(20(7)8)34-28(40)24(19(5)6)35-31(43)45-17-18(3)4/h10,18-22,24-25H,2,9,11-17H2,1,3-8H3,(H,32,41)(H,33,39)(H,34,40)(H,35,43). The molecule has 1 saturated heterocycles. The molecule has 0 aromatic rings. The molecule has 4 N–H and O–H groups in total. The van der Waals surface area contributed by atoms with Crippen molar-refractivity contribution in [2.45, 2.75) is 98.3 Å². The number of carbonyl (C=O) groups excluding carboxylic acids is 7. The molecule has 0 saturated carbocycles. The van der Waals surface area contributed by atoms with E-state index in [-0.39, 0.29) is 43.9 Å². The van der Waals surface area contributed by atoms with Crippen LogP contribution in [0.1, 0.15) is 74.1 Å². The third kappa shape index (κ3) is 12.9. The molecule has 1 rings (SSSR count). The van der Waals surface area contributed by atoms with Gasteiger partial charge in [-0.15, -0.1) is 0 Å². The second-order valence-corrected chi connectivity index (χ2v) is 12.1. The smallest absolute Gasteiger partial charge is 0.407 e. The van der Waals surface area contributed by atoms with Crippen LogP contribution >= 0.6 is 0 Å². The van der Waals surface area contributed by atoms with Gasteiger partial charge in [0.1, 0.15) is 31.3 Å². The molecule has 1 aliphatic heterocycles. The highest BCUT2D eigenvalue weighted by Gasteiger charge is 2.41. The molecule has 0 aromatic heterocycles. The summed E-state index contributed by atoms with van der Waals surface area (Å²) in [6, 6.07) is -4.06. The molecule has 0 bridgehead atoms. The van der Waals surface area contributed by atoms with Crippen LogP contribution in [0.5, 0.6) is 0 Å². The maximum atomic E-state index is 13.7. The minimum Gasteiger partial charge on any atom is -0.460 e. The number of likely N-dealkylation sites (tertiary alicyclic amines) is 1. The van der Waals surface area contributed by atoms with E-state index in [0.717, 1.165) is 0 Å². The Morgan fingerprint density at radius 1 is 0.911 bits per heavy atom. The van der Waals surface area contributed by atoms with Crippen LogP contribution in [0.4, 0.5) is 4.79 Å². The van der Waals surface area contributed by atoms with Gasteiger partial charge in [0.05, 0.1) is 12.6 Å². The number of hydrogen-bond acceptors (Lipinski definition) is 9. The van der Waals surface area contributed by atoms with E-state index in [1.165, 1.54) is 11.0 Å². The number of amides is 5. The molecule has 0 spiro atoms. The lowest BCUT2D eigenvalue weighted by atomic mass is 9.99. The first-order chi connectivity index (χ1) is 21.1. The molecular weight excluding hydrogens is 586 g/mol. The summed E-state index contributed by atoms with van der Waals surface area (Å²) in [5, 5.41) is 10.1. The number of esters is 1. The van der Waals surface area contributed by atoms with Gasteiger partial charge in [-0.3, -0.25) is 28.8 Å². The zero-order chi connectivity index (χ0) is 34.3. The van der Waals surface area contributed by atoms with Crippen molar-refractivity contribution >= 4 is 41.5 Å². The van der Waals surface area contributed by atoms with Crippen molar-refractivity contribution in [2.24, 2.45) is 17.8 Å². The zero-order valence-corrected chi connectivity index (χ0v) is 27.6. The van der Waals surface area contributed by atoms with Crippen LogP contribution in [0.2, 0.25) is 0 Å².